The molecule has 8 heteroatoms. The lowest BCUT2D eigenvalue weighted by molar-refractivity contribution is -0.136. The predicted octanol–water partition coefficient (Wildman–Crippen LogP) is 0.0923. The van der Waals surface area contributed by atoms with E-state index in [0.29, 0.717) is 39.1 Å². The minimum atomic E-state index is -0.491. The third kappa shape index (κ3) is 7.36. The predicted molar refractivity (Wildman–Crippen MR) is 112 cm³/mol. The van der Waals surface area contributed by atoms with Crippen LogP contribution < -0.4 is 10.6 Å². The molecule has 8 nitrogen and oxygen atoms in total. The minimum absolute atomic E-state index is 0.0533. The van der Waals surface area contributed by atoms with Crippen molar-refractivity contribution in [1.29, 1.82) is 0 Å². The number of aliphatic hydroxyl groups is 1. The van der Waals surface area contributed by atoms with E-state index < -0.39 is 6.10 Å². The van der Waals surface area contributed by atoms with Gasteiger partial charge < -0.3 is 25.2 Å². The molecule has 1 aromatic carbocycles. The zero-order valence-corrected chi connectivity index (χ0v) is 17.4. The van der Waals surface area contributed by atoms with Gasteiger partial charge in [-0.25, -0.2) is 0 Å². The van der Waals surface area contributed by atoms with Gasteiger partial charge in [-0.15, -0.1) is 0 Å². The molecule has 2 fully saturated rings. The number of hydrogen-bond donors (Lipinski definition) is 3. The Kier molecular flexibility index (Phi) is 9.07. The Hall–Kier alpha value is -2.00. The van der Waals surface area contributed by atoms with E-state index in [1.807, 2.05) is 30.3 Å². The second-order valence-corrected chi connectivity index (χ2v) is 7.91. The average molecular weight is 420 g/mol. The number of nitrogens with zero attached hydrogens (tertiary/aromatic N) is 1. The molecule has 0 aliphatic carbocycles. The SMILES string of the molecule is O=C(C[C@@H]1CC[C@H](NC(=O)CN2CCOCC2)[C@@H](CO)O1)NCCc1ccccc1. The van der Waals surface area contributed by atoms with Crippen LogP contribution in [-0.2, 0) is 25.5 Å². The van der Waals surface area contributed by atoms with E-state index in [0.717, 1.165) is 19.5 Å². The van der Waals surface area contributed by atoms with Crippen LogP contribution in [0.3, 0.4) is 0 Å². The molecule has 0 aromatic heterocycles. The zero-order chi connectivity index (χ0) is 21.2. The van der Waals surface area contributed by atoms with E-state index >= 15 is 0 Å². The monoisotopic (exact) mass is 419 g/mol. The highest BCUT2D eigenvalue weighted by Crippen LogP contribution is 2.22. The Morgan fingerprint density at radius 2 is 1.87 bits per heavy atom. The fourth-order valence-corrected chi connectivity index (χ4v) is 3.93. The number of ether oxygens (including phenoxy) is 2. The highest BCUT2D eigenvalue weighted by molar-refractivity contribution is 5.78. The fraction of sp³-hybridized carbons (Fsp3) is 0.636. The van der Waals surface area contributed by atoms with Crippen molar-refractivity contribution in [3.63, 3.8) is 0 Å². The number of benzene rings is 1. The molecule has 2 aliphatic heterocycles. The molecule has 2 aliphatic rings. The molecule has 1 aromatic rings. The van der Waals surface area contributed by atoms with Crippen LogP contribution in [0, 0.1) is 0 Å². The van der Waals surface area contributed by atoms with Crippen LogP contribution in [0.25, 0.3) is 0 Å². The summed E-state index contributed by atoms with van der Waals surface area (Å²) in [5.41, 5.74) is 1.18. The van der Waals surface area contributed by atoms with E-state index in [2.05, 4.69) is 15.5 Å². The Bertz CT molecular complexity index is 666. The number of morpholine rings is 1. The average Bonchev–Trinajstić information content (AvgIpc) is 2.76. The van der Waals surface area contributed by atoms with Gasteiger partial charge in [0.25, 0.3) is 0 Å². The number of hydrogen-bond acceptors (Lipinski definition) is 6. The van der Waals surface area contributed by atoms with Gasteiger partial charge in [0.2, 0.25) is 11.8 Å². The number of carbonyl (C=O) groups is 2. The van der Waals surface area contributed by atoms with Gasteiger partial charge in [-0.3, -0.25) is 14.5 Å². The van der Waals surface area contributed by atoms with Crippen LogP contribution in [0.15, 0.2) is 30.3 Å². The summed E-state index contributed by atoms with van der Waals surface area (Å²) in [5, 5.41) is 15.6. The number of rotatable bonds is 9. The van der Waals surface area contributed by atoms with Gasteiger partial charge >= 0.3 is 0 Å². The van der Waals surface area contributed by atoms with Crippen LogP contribution in [-0.4, -0.2) is 86.1 Å². The molecule has 0 spiro atoms. The van der Waals surface area contributed by atoms with Gasteiger partial charge in [0.1, 0.15) is 6.10 Å². The summed E-state index contributed by atoms with van der Waals surface area (Å²) >= 11 is 0. The van der Waals surface area contributed by atoms with Crippen molar-refractivity contribution in [2.75, 3.05) is 46.0 Å². The number of carbonyl (C=O) groups excluding carboxylic acids is 2. The maximum absolute atomic E-state index is 12.3. The van der Waals surface area contributed by atoms with E-state index in [1.165, 1.54) is 5.56 Å². The normalized spacial score (nSPS) is 24.9. The van der Waals surface area contributed by atoms with Crippen molar-refractivity contribution < 1.29 is 24.2 Å². The molecule has 0 saturated carbocycles. The first-order valence-electron chi connectivity index (χ1n) is 10.8. The number of aliphatic hydroxyl groups excluding tert-OH is 1. The van der Waals surface area contributed by atoms with Gasteiger partial charge in [0.15, 0.2) is 0 Å². The second-order valence-electron chi connectivity index (χ2n) is 7.91. The van der Waals surface area contributed by atoms with Gasteiger partial charge in [-0.05, 0) is 24.8 Å². The molecule has 3 atom stereocenters. The van der Waals surface area contributed by atoms with Crippen LogP contribution >= 0.6 is 0 Å². The van der Waals surface area contributed by atoms with Crippen molar-refractivity contribution in [2.45, 2.75) is 43.9 Å². The van der Waals surface area contributed by atoms with Gasteiger partial charge in [0.05, 0.1) is 44.9 Å². The summed E-state index contributed by atoms with van der Waals surface area (Å²) in [6.45, 7) is 3.51. The molecule has 2 heterocycles. The lowest BCUT2D eigenvalue weighted by Crippen LogP contribution is -2.53. The van der Waals surface area contributed by atoms with Crippen molar-refractivity contribution in [3.8, 4) is 0 Å². The quantitative estimate of drug-likeness (QED) is 0.525. The Morgan fingerprint density at radius 1 is 1.10 bits per heavy atom. The lowest BCUT2D eigenvalue weighted by Gasteiger charge is -2.36. The Morgan fingerprint density at radius 3 is 2.60 bits per heavy atom. The maximum atomic E-state index is 12.3. The van der Waals surface area contributed by atoms with Crippen molar-refractivity contribution >= 4 is 11.8 Å². The lowest BCUT2D eigenvalue weighted by atomic mass is 9.97. The molecular formula is C22H33N3O5. The molecule has 2 saturated heterocycles. The topological polar surface area (TPSA) is 100 Å². The van der Waals surface area contributed by atoms with Gasteiger partial charge in [-0.1, -0.05) is 30.3 Å². The summed E-state index contributed by atoms with van der Waals surface area (Å²) < 4.78 is 11.2. The summed E-state index contributed by atoms with van der Waals surface area (Å²) in [6, 6.07) is 9.78. The molecule has 0 radical (unpaired) electrons. The number of amides is 2. The van der Waals surface area contributed by atoms with E-state index in [-0.39, 0.29) is 37.0 Å². The van der Waals surface area contributed by atoms with Crippen LogP contribution in [0.5, 0.6) is 0 Å². The maximum Gasteiger partial charge on any atom is 0.234 e. The third-order valence-corrected chi connectivity index (χ3v) is 5.60. The standard InChI is InChI=1S/C22H33N3O5/c26-16-20-19(24-22(28)15-25-10-12-29-13-11-25)7-6-18(30-20)14-21(27)23-9-8-17-4-2-1-3-5-17/h1-5,18-20,26H,6-16H2,(H,23,27)(H,24,28)/t18-,19-,20+/m0/s1. The van der Waals surface area contributed by atoms with Gasteiger partial charge in [0, 0.05) is 19.6 Å². The van der Waals surface area contributed by atoms with E-state index in [4.69, 9.17) is 9.47 Å². The van der Waals surface area contributed by atoms with E-state index in [1.54, 1.807) is 0 Å². The Labute approximate surface area is 177 Å². The smallest absolute Gasteiger partial charge is 0.234 e. The van der Waals surface area contributed by atoms with Crippen molar-refractivity contribution in [2.24, 2.45) is 0 Å². The summed E-state index contributed by atoms with van der Waals surface area (Å²) in [6.07, 6.45) is 1.67. The first-order valence-corrected chi connectivity index (χ1v) is 10.8. The zero-order valence-electron chi connectivity index (χ0n) is 17.4. The molecule has 0 unspecified atom stereocenters. The molecule has 3 N–H and O–H groups in total. The largest absolute Gasteiger partial charge is 0.394 e. The molecule has 30 heavy (non-hydrogen) atoms. The van der Waals surface area contributed by atoms with Crippen LogP contribution in [0.4, 0.5) is 0 Å². The first-order chi connectivity index (χ1) is 14.6. The minimum Gasteiger partial charge on any atom is -0.394 e. The molecule has 2 amide bonds. The summed E-state index contributed by atoms with van der Waals surface area (Å²) in [5.74, 6) is -0.122. The van der Waals surface area contributed by atoms with Gasteiger partial charge in [-0.2, -0.15) is 0 Å². The third-order valence-electron chi connectivity index (χ3n) is 5.60. The van der Waals surface area contributed by atoms with Crippen LogP contribution in [0.1, 0.15) is 24.8 Å². The molecular weight excluding hydrogens is 386 g/mol. The molecule has 3 rings (SSSR count). The van der Waals surface area contributed by atoms with Crippen molar-refractivity contribution in [3.05, 3.63) is 35.9 Å². The first kappa shape index (κ1) is 22.7. The summed E-state index contributed by atoms with van der Waals surface area (Å²) in [7, 11) is 0. The molecule has 0 bridgehead atoms. The second kappa shape index (κ2) is 12.0. The summed E-state index contributed by atoms with van der Waals surface area (Å²) in [4.78, 5) is 26.6. The van der Waals surface area contributed by atoms with Crippen LogP contribution in [0.2, 0.25) is 0 Å². The fourth-order valence-electron chi connectivity index (χ4n) is 3.93. The van der Waals surface area contributed by atoms with Crippen molar-refractivity contribution in [1.82, 2.24) is 15.5 Å². The number of nitrogens with one attached hydrogen (secondary N) is 2. The highest BCUT2D eigenvalue weighted by Gasteiger charge is 2.33. The molecule has 166 valence electrons. The van der Waals surface area contributed by atoms with E-state index in [9.17, 15) is 14.7 Å². The Balaban J connectivity index is 1.36. The highest BCUT2D eigenvalue weighted by atomic mass is 16.5.